The van der Waals surface area contributed by atoms with Crippen molar-refractivity contribution in [3.63, 3.8) is 0 Å². The summed E-state index contributed by atoms with van der Waals surface area (Å²) in [5.74, 6) is 0. The molecule has 0 aliphatic heterocycles. The SMILES string of the molecule is CNC[C@@H](C)NC=O. The van der Waals surface area contributed by atoms with Crippen molar-refractivity contribution < 1.29 is 4.79 Å². The summed E-state index contributed by atoms with van der Waals surface area (Å²) < 4.78 is 0. The highest BCUT2D eigenvalue weighted by Gasteiger charge is 1.93. The lowest BCUT2D eigenvalue weighted by molar-refractivity contribution is -0.110. The van der Waals surface area contributed by atoms with E-state index < -0.39 is 0 Å². The molecule has 3 heteroatoms. The van der Waals surface area contributed by atoms with Gasteiger partial charge in [-0.1, -0.05) is 0 Å². The molecule has 0 bridgehead atoms. The molecule has 0 aromatic carbocycles. The van der Waals surface area contributed by atoms with Crippen molar-refractivity contribution in [1.82, 2.24) is 10.6 Å². The lowest BCUT2D eigenvalue weighted by Crippen LogP contribution is -2.33. The first kappa shape index (κ1) is 7.43. The van der Waals surface area contributed by atoms with Gasteiger partial charge in [-0.25, -0.2) is 0 Å². The Kier molecular flexibility index (Phi) is 4.26. The molecule has 0 saturated carbocycles. The van der Waals surface area contributed by atoms with Gasteiger partial charge >= 0.3 is 0 Å². The minimum absolute atomic E-state index is 0.234. The molecule has 3 nitrogen and oxygen atoms in total. The fourth-order valence-corrected chi connectivity index (χ4v) is 0.481. The molecule has 8 heavy (non-hydrogen) atoms. The molecule has 0 unspecified atom stereocenters. The van der Waals surface area contributed by atoms with E-state index in [9.17, 15) is 4.79 Å². The molecule has 1 amide bonds. The molecule has 0 aromatic heterocycles. The van der Waals surface area contributed by atoms with Crippen LogP contribution >= 0.6 is 0 Å². The number of hydrogen-bond donors (Lipinski definition) is 2. The summed E-state index contributed by atoms with van der Waals surface area (Å²) in [6, 6.07) is 0.234. The summed E-state index contributed by atoms with van der Waals surface area (Å²) in [7, 11) is 1.85. The second kappa shape index (κ2) is 4.59. The molecule has 0 spiro atoms. The average molecular weight is 116 g/mol. The molecule has 0 aliphatic rings. The molecule has 0 fully saturated rings. The lowest BCUT2D eigenvalue weighted by Gasteiger charge is -2.06. The van der Waals surface area contributed by atoms with E-state index in [1.165, 1.54) is 0 Å². The fraction of sp³-hybridized carbons (Fsp3) is 0.800. The van der Waals surface area contributed by atoms with E-state index >= 15 is 0 Å². The van der Waals surface area contributed by atoms with Gasteiger partial charge in [0.05, 0.1) is 0 Å². The smallest absolute Gasteiger partial charge is 0.207 e. The number of amides is 1. The zero-order valence-corrected chi connectivity index (χ0v) is 5.27. The van der Waals surface area contributed by atoms with Crippen molar-refractivity contribution in [2.45, 2.75) is 13.0 Å². The van der Waals surface area contributed by atoms with Gasteiger partial charge in [-0.05, 0) is 14.0 Å². The average Bonchev–Trinajstić information content (AvgIpc) is 1.68. The van der Waals surface area contributed by atoms with Crippen molar-refractivity contribution in [1.29, 1.82) is 0 Å². The second-order valence-corrected chi connectivity index (χ2v) is 1.74. The summed E-state index contributed by atoms with van der Waals surface area (Å²) in [4.78, 5) is 9.75. The summed E-state index contributed by atoms with van der Waals surface area (Å²) in [5, 5.41) is 5.53. The molecule has 0 radical (unpaired) electrons. The van der Waals surface area contributed by atoms with Crippen LogP contribution in [0.3, 0.4) is 0 Å². The summed E-state index contributed by atoms with van der Waals surface area (Å²) in [6.07, 6.45) is 0.710. The van der Waals surface area contributed by atoms with E-state index in [4.69, 9.17) is 0 Å². The fourth-order valence-electron chi connectivity index (χ4n) is 0.481. The van der Waals surface area contributed by atoms with Gasteiger partial charge in [-0.2, -0.15) is 0 Å². The third-order valence-electron chi connectivity index (χ3n) is 0.863. The van der Waals surface area contributed by atoms with E-state index in [-0.39, 0.29) is 6.04 Å². The third kappa shape index (κ3) is 3.61. The summed E-state index contributed by atoms with van der Waals surface area (Å²) in [5.41, 5.74) is 0. The number of carbonyl (C=O) groups is 1. The monoisotopic (exact) mass is 116 g/mol. The molecule has 1 atom stereocenters. The number of rotatable bonds is 4. The zero-order chi connectivity index (χ0) is 6.41. The van der Waals surface area contributed by atoms with Crippen LogP contribution in [0.2, 0.25) is 0 Å². The first-order valence-corrected chi connectivity index (χ1v) is 2.65. The Bertz CT molecular complexity index is 65.4. The van der Waals surface area contributed by atoms with Gasteiger partial charge in [0.15, 0.2) is 0 Å². The van der Waals surface area contributed by atoms with Crippen LogP contribution in [0.1, 0.15) is 6.92 Å². The van der Waals surface area contributed by atoms with Gasteiger partial charge < -0.3 is 10.6 Å². The Hall–Kier alpha value is -0.570. The van der Waals surface area contributed by atoms with Crippen molar-refractivity contribution in [3.05, 3.63) is 0 Å². The first-order valence-electron chi connectivity index (χ1n) is 2.65. The van der Waals surface area contributed by atoms with Gasteiger partial charge in [0, 0.05) is 12.6 Å². The van der Waals surface area contributed by atoms with Gasteiger partial charge in [-0.15, -0.1) is 0 Å². The minimum Gasteiger partial charge on any atom is -0.355 e. The highest BCUT2D eigenvalue weighted by Crippen LogP contribution is 1.71. The Morgan fingerprint density at radius 3 is 2.75 bits per heavy atom. The molecule has 0 rings (SSSR count). The number of nitrogens with one attached hydrogen (secondary N) is 2. The molecule has 0 heterocycles. The number of hydrogen-bond acceptors (Lipinski definition) is 2. The van der Waals surface area contributed by atoms with Gasteiger partial charge in [0.2, 0.25) is 6.41 Å². The Balaban J connectivity index is 3.03. The van der Waals surface area contributed by atoms with Crippen LogP contribution in [-0.4, -0.2) is 26.0 Å². The standard InChI is InChI=1S/C5H12N2O/c1-5(3-6-2)7-4-8/h4-6H,3H2,1-2H3,(H,7,8)/t5-/m1/s1. The molecule has 0 aliphatic carbocycles. The predicted octanol–water partition coefficient (Wildman–Crippen LogP) is -0.660. The van der Waals surface area contributed by atoms with E-state index in [1.807, 2.05) is 14.0 Å². The maximum Gasteiger partial charge on any atom is 0.207 e. The van der Waals surface area contributed by atoms with Crippen LogP contribution in [0.25, 0.3) is 0 Å². The van der Waals surface area contributed by atoms with Crippen LogP contribution in [0, 0.1) is 0 Å². The van der Waals surface area contributed by atoms with Crippen molar-refractivity contribution in [2.75, 3.05) is 13.6 Å². The second-order valence-electron chi connectivity index (χ2n) is 1.74. The molecule has 0 aromatic rings. The van der Waals surface area contributed by atoms with Crippen molar-refractivity contribution in [2.24, 2.45) is 0 Å². The first-order chi connectivity index (χ1) is 3.81. The Labute approximate surface area is 49.5 Å². The Morgan fingerprint density at radius 1 is 1.75 bits per heavy atom. The quantitative estimate of drug-likeness (QED) is 0.479. The van der Waals surface area contributed by atoms with Crippen LogP contribution < -0.4 is 10.6 Å². The minimum atomic E-state index is 0.234. The van der Waals surface area contributed by atoms with E-state index in [0.717, 1.165) is 6.54 Å². The topological polar surface area (TPSA) is 41.1 Å². The van der Waals surface area contributed by atoms with Crippen molar-refractivity contribution >= 4 is 6.41 Å². The zero-order valence-electron chi connectivity index (χ0n) is 5.27. The van der Waals surface area contributed by atoms with E-state index in [1.54, 1.807) is 0 Å². The number of carbonyl (C=O) groups excluding carboxylic acids is 1. The van der Waals surface area contributed by atoms with Gasteiger partial charge in [0.25, 0.3) is 0 Å². The van der Waals surface area contributed by atoms with E-state index in [0.29, 0.717) is 6.41 Å². The van der Waals surface area contributed by atoms with Gasteiger partial charge in [-0.3, -0.25) is 4.79 Å². The Morgan fingerprint density at radius 2 is 2.38 bits per heavy atom. The van der Waals surface area contributed by atoms with E-state index in [2.05, 4.69) is 10.6 Å². The van der Waals surface area contributed by atoms with Crippen LogP contribution in [0.5, 0.6) is 0 Å². The largest absolute Gasteiger partial charge is 0.355 e. The summed E-state index contributed by atoms with van der Waals surface area (Å²) in [6.45, 7) is 2.75. The molecule has 0 saturated heterocycles. The van der Waals surface area contributed by atoms with Crippen molar-refractivity contribution in [3.8, 4) is 0 Å². The van der Waals surface area contributed by atoms with Crippen LogP contribution in [0.15, 0.2) is 0 Å². The molecule has 48 valence electrons. The molecule has 2 N–H and O–H groups in total. The van der Waals surface area contributed by atoms with Crippen LogP contribution in [0.4, 0.5) is 0 Å². The number of likely N-dealkylation sites (N-methyl/N-ethyl adjacent to an activating group) is 1. The summed E-state index contributed by atoms with van der Waals surface area (Å²) >= 11 is 0. The normalized spacial score (nSPS) is 12.8. The third-order valence-corrected chi connectivity index (χ3v) is 0.863. The maximum atomic E-state index is 9.75. The van der Waals surface area contributed by atoms with Gasteiger partial charge in [0.1, 0.15) is 0 Å². The maximum absolute atomic E-state index is 9.75. The lowest BCUT2D eigenvalue weighted by atomic mass is 10.3. The predicted molar refractivity (Wildman–Crippen MR) is 32.6 cm³/mol. The highest BCUT2D eigenvalue weighted by molar-refractivity contribution is 5.46. The van der Waals surface area contributed by atoms with Crippen LogP contribution in [-0.2, 0) is 4.79 Å². The molecular weight excluding hydrogens is 104 g/mol. The highest BCUT2D eigenvalue weighted by atomic mass is 16.1. The molecular formula is C5H12N2O.